The lowest BCUT2D eigenvalue weighted by molar-refractivity contribution is -0.373. The summed E-state index contributed by atoms with van der Waals surface area (Å²) in [6, 6.07) is 11.4. The van der Waals surface area contributed by atoms with E-state index in [1.807, 2.05) is 44.2 Å². The van der Waals surface area contributed by atoms with Crippen molar-refractivity contribution in [3.05, 3.63) is 54.8 Å². The summed E-state index contributed by atoms with van der Waals surface area (Å²) in [6.07, 6.45) is -0.728. The predicted octanol–water partition coefficient (Wildman–Crippen LogP) is 4.40. The van der Waals surface area contributed by atoms with Crippen molar-refractivity contribution in [1.29, 1.82) is 0 Å². The number of hydrogen-bond donors (Lipinski definition) is 2. The van der Waals surface area contributed by atoms with E-state index in [-0.39, 0.29) is 13.0 Å². The van der Waals surface area contributed by atoms with Gasteiger partial charge in [0.2, 0.25) is 0 Å². The van der Waals surface area contributed by atoms with Crippen LogP contribution >= 0.6 is 0 Å². The minimum atomic E-state index is -2.18. The highest BCUT2D eigenvalue weighted by Crippen LogP contribution is 2.67. The van der Waals surface area contributed by atoms with Gasteiger partial charge in [-0.05, 0) is 32.1 Å². The van der Waals surface area contributed by atoms with Crippen LogP contribution in [0.25, 0.3) is 11.3 Å². The number of carbonyl (C=O) groups is 2. The van der Waals surface area contributed by atoms with Crippen molar-refractivity contribution in [2.45, 2.75) is 103 Å². The fourth-order valence-electron chi connectivity index (χ4n) is 8.20. The van der Waals surface area contributed by atoms with Crippen molar-refractivity contribution in [2.24, 2.45) is 16.7 Å². The van der Waals surface area contributed by atoms with Crippen LogP contribution in [-0.2, 0) is 30.4 Å². The molecular formula is C32H41NO8. The zero-order valence-electron chi connectivity index (χ0n) is 24.7. The zero-order chi connectivity index (χ0) is 30.0. The number of Topliss-reactive ketones (excluding diaryl/α,β-unsaturated/α-hetero) is 1. The molecule has 3 fully saturated rings. The molecule has 1 saturated heterocycles. The first kappa shape index (κ1) is 29.6. The van der Waals surface area contributed by atoms with Crippen LogP contribution in [-0.4, -0.2) is 62.2 Å². The summed E-state index contributed by atoms with van der Waals surface area (Å²) in [4.78, 5) is 26.5. The van der Waals surface area contributed by atoms with Gasteiger partial charge >= 0.3 is 5.97 Å². The van der Waals surface area contributed by atoms with Crippen LogP contribution in [0.5, 0.6) is 0 Å². The highest BCUT2D eigenvalue weighted by Gasteiger charge is 2.81. The standard InChI is InChI=1S/C32H41NO8/c1-8-29(5)17-23(35)32(37)30(6)24(38-18-21-16-22(33-40-21)20-12-10-9-11-13-20)14-15-28(3,4)26(30)25(36)27(39-19(2)34)31(32,7)41-29/h8-13,16,24-27,36-37H,1,14-15,17-18H2,2-7H3/t24-,25-,26-,27-,29-,30-,31+,32-/m0/s1. The highest BCUT2D eigenvalue weighted by atomic mass is 16.6. The molecule has 2 aliphatic carbocycles. The molecule has 8 atom stereocenters. The fourth-order valence-corrected chi connectivity index (χ4v) is 8.20. The maximum Gasteiger partial charge on any atom is 0.303 e. The van der Waals surface area contributed by atoms with Crippen molar-refractivity contribution in [2.75, 3.05) is 0 Å². The molecule has 222 valence electrons. The SMILES string of the molecule is C=C[C@@]1(C)CC(=O)[C@]2(O)[C@@]3(C)[C@@H](OCc4cc(-c5ccccc5)no4)CCC(C)(C)[C@@H]3[C@H](O)[C@H](OC(C)=O)[C@@]2(C)O1. The highest BCUT2D eigenvalue weighted by molar-refractivity contribution is 5.92. The smallest absolute Gasteiger partial charge is 0.303 e. The van der Waals surface area contributed by atoms with Gasteiger partial charge in [0.05, 0.1) is 17.8 Å². The van der Waals surface area contributed by atoms with Gasteiger partial charge in [0.15, 0.2) is 23.2 Å². The predicted molar refractivity (Wildman–Crippen MR) is 149 cm³/mol. The van der Waals surface area contributed by atoms with E-state index in [1.54, 1.807) is 26.8 Å². The van der Waals surface area contributed by atoms with Crippen LogP contribution in [0.2, 0.25) is 0 Å². The average Bonchev–Trinajstić information content (AvgIpc) is 3.38. The quantitative estimate of drug-likeness (QED) is 0.386. The van der Waals surface area contributed by atoms with Gasteiger partial charge in [-0.25, -0.2) is 0 Å². The number of ketones is 1. The number of ether oxygens (including phenoxy) is 3. The monoisotopic (exact) mass is 567 g/mol. The number of benzene rings is 1. The van der Waals surface area contributed by atoms with Crippen molar-refractivity contribution in [1.82, 2.24) is 5.16 Å². The molecule has 1 aromatic heterocycles. The van der Waals surface area contributed by atoms with E-state index in [2.05, 4.69) is 11.7 Å². The number of rotatable bonds is 6. The van der Waals surface area contributed by atoms with Gasteiger partial charge < -0.3 is 28.9 Å². The third-order valence-corrected chi connectivity index (χ3v) is 10.0. The third-order valence-electron chi connectivity index (χ3n) is 10.0. The Morgan fingerprint density at radius 2 is 1.88 bits per heavy atom. The zero-order valence-corrected chi connectivity index (χ0v) is 24.7. The van der Waals surface area contributed by atoms with Gasteiger partial charge in [-0.1, -0.05) is 62.3 Å². The molecule has 3 aliphatic rings. The molecule has 2 aromatic rings. The lowest BCUT2D eigenvalue weighted by atomic mass is 9.39. The maximum absolute atomic E-state index is 14.2. The van der Waals surface area contributed by atoms with Crippen LogP contribution in [0.3, 0.4) is 0 Å². The second-order valence-corrected chi connectivity index (χ2v) is 13.2. The maximum atomic E-state index is 14.2. The third kappa shape index (κ3) is 4.31. The van der Waals surface area contributed by atoms with Gasteiger partial charge in [-0.3, -0.25) is 9.59 Å². The summed E-state index contributed by atoms with van der Waals surface area (Å²) in [5.74, 6) is -1.32. The number of fused-ring (bicyclic) bond motifs is 3. The van der Waals surface area contributed by atoms with Crippen LogP contribution in [0.15, 0.2) is 53.6 Å². The van der Waals surface area contributed by atoms with Gasteiger partial charge in [0.25, 0.3) is 0 Å². The number of esters is 1. The molecule has 2 heterocycles. The number of aromatic nitrogens is 1. The molecule has 5 rings (SSSR count). The molecule has 9 nitrogen and oxygen atoms in total. The summed E-state index contributed by atoms with van der Waals surface area (Å²) in [5, 5.41) is 29.0. The summed E-state index contributed by atoms with van der Waals surface area (Å²) in [6.45, 7) is 14.2. The Morgan fingerprint density at radius 1 is 1.20 bits per heavy atom. The first-order valence-electron chi connectivity index (χ1n) is 14.2. The molecule has 41 heavy (non-hydrogen) atoms. The number of aliphatic hydroxyl groups is 2. The number of aliphatic hydroxyl groups excluding tert-OH is 1. The molecule has 1 aliphatic heterocycles. The van der Waals surface area contributed by atoms with Gasteiger partial charge in [-0.15, -0.1) is 6.58 Å². The minimum absolute atomic E-state index is 0.0446. The topological polar surface area (TPSA) is 128 Å². The molecule has 9 heteroatoms. The van der Waals surface area contributed by atoms with Crippen molar-refractivity contribution < 1.29 is 38.5 Å². The molecule has 2 saturated carbocycles. The van der Waals surface area contributed by atoms with Crippen LogP contribution in [0.4, 0.5) is 0 Å². The molecular weight excluding hydrogens is 526 g/mol. The lowest BCUT2D eigenvalue weighted by Gasteiger charge is -2.71. The molecule has 0 amide bonds. The first-order valence-corrected chi connectivity index (χ1v) is 14.2. The Kier molecular flexibility index (Phi) is 7.13. The fraction of sp³-hybridized carbons (Fsp3) is 0.594. The van der Waals surface area contributed by atoms with Crippen LogP contribution in [0.1, 0.15) is 66.6 Å². The van der Waals surface area contributed by atoms with E-state index in [1.165, 1.54) is 13.0 Å². The van der Waals surface area contributed by atoms with Gasteiger partial charge in [0.1, 0.15) is 17.9 Å². The Balaban J connectivity index is 1.58. The Labute approximate surface area is 240 Å². The van der Waals surface area contributed by atoms with Crippen LogP contribution < -0.4 is 0 Å². The Hall–Kier alpha value is -2.85. The molecule has 0 radical (unpaired) electrons. The van der Waals surface area contributed by atoms with Gasteiger partial charge in [-0.2, -0.15) is 0 Å². The van der Waals surface area contributed by atoms with E-state index >= 15 is 0 Å². The second kappa shape index (κ2) is 9.87. The second-order valence-electron chi connectivity index (χ2n) is 13.2. The molecule has 0 spiro atoms. The molecule has 1 aromatic carbocycles. The van der Waals surface area contributed by atoms with Gasteiger partial charge in [0, 0.05) is 36.3 Å². The normalized spacial score (nSPS) is 39.9. The van der Waals surface area contributed by atoms with E-state index in [0.29, 0.717) is 24.3 Å². The largest absolute Gasteiger partial charge is 0.457 e. The summed E-state index contributed by atoms with van der Waals surface area (Å²) >= 11 is 0. The van der Waals surface area contributed by atoms with E-state index in [0.717, 1.165) is 5.56 Å². The first-order chi connectivity index (χ1) is 19.1. The van der Waals surface area contributed by atoms with Crippen molar-refractivity contribution >= 4 is 11.8 Å². The summed E-state index contributed by atoms with van der Waals surface area (Å²) in [7, 11) is 0. The average molecular weight is 568 g/mol. The summed E-state index contributed by atoms with van der Waals surface area (Å²) < 4.78 is 24.3. The number of nitrogens with zero attached hydrogens (tertiary/aromatic N) is 1. The number of carbonyl (C=O) groups excluding carboxylic acids is 2. The molecule has 0 unspecified atom stereocenters. The number of hydrogen-bond acceptors (Lipinski definition) is 9. The Morgan fingerprint density at radius 3 is 2.51 bits per heavy atom. The lowest BCUT2D eigenvalue weighted by Crippen LogP contribution is -2.86. The summed E-state index contributed by atoms with van der Waals surface area (Å²) in [5.41, 5.74) is -5.43. The molecule has 2 N–H and O–H groups in total. The Bertz CT molecular complexity index is 1340. The van der Waals surface area contributed by atoms with Crippen molar-refractivity contribution in [3.8, 4) is 11.3 Å². The van der Waals surface area contributed by atoms with E-state index in [9.17, 15) is 19.8 Å². The van der Waals surface area contributed by atoms with E-state index in [4.69, 9.17) is 18.7 Å². The molecule has 0 bridgehead atoms. The van der Waals surface area contributed by atoms with Crippen LogP contribution in [0, 0.1) is 16.7 Å². The van der Waals surface area contributed by atoms with Crippen molar-refractivity contribution in [3.63, 3.8) is 0 Å². The van der Waals surface area contributed by atoms with E-state index < -0.39 is 63.6 Å². The minimum Gasteiger partial charge on any atom is -0.457 e.